The van der Waals surface area contributed by atoms with Crippen LogP contribution < -0.4 is 5.32 Å². The highest BCUT2D eigenvalue weighted by molar-refractivity contribution is 5.77. The number of nitrogens with one attached hydrogen (secondary N) is 1. The van der Waals surface area contributed by atoms with Crippen LogP contribution in [0.15, 0.2) is 0 Å². The van der Waals surface area contributed by atoms with Crippen LogP contribution in [0.4, 0.5) is 11.5 Å². The Balaban J connectivity index is 1.99. The fraction of sp³-hybridized carbons (Fsp3) is 0.692. The molecule has 0 saturated carbocycles. The number of aryl methyl sites for hydroxylation is 2. The summed E-state index contributed by atoms with van der Waals surface area (Å²) < 4.78 is 1.56. The van der Waals surface area contributed by atoms with E-state index in [1.165, 1.54) is 0 Å². The second-order valence-corrected chi connectivity index (χ2v) is 5.12. The minimum absolute atomic E-state index is 0.00882. The lowest BCUT2D eigenvalue weighted by Crippen LogP contribution is -2.29. The van der Waals surface area contributed by atoms with Gasteiger partial charge in [-0.25, -0.2) is 4.68 Å². The Labute approximate surface area is 123 Å². The smallest absolute Gasteiger partial charge is 0.333 e. The van der Waals surface area contributed by atoms with Crippen molar-refractivity contribution >= 4 is 17.4 Å². The summed E-state index contributed by atoms with van der Waals surface area (Å²) in [6.07, 6.45) is 2.46. The average molecular weight is 295 g/mol. The largest absolute Gasteiger partial charge is 0.364 e. The van der Waals surface area contributed by atoms with Gasteiger partial charge in [-0.2, -0.15) is 5.10 Å². The molecule has 116 valence electrons. The van der Waals surface area contributed by atoms with Gasteiger partial charge in [-0.15, -0.1) is 0 Å². The highest BCUT2D eigenvalue weighted by Gasteiger charge is 2.25. The van der Waals surface area contributed by atoms with Crippen LogP contribution in [0, 0.1) is 17.0 Å². The summed E-state index contributed by atoms with van der Waals surface area (Å²) in [6.45, 7) is 6.05. The SMILES string of the molecule is CCn1nc(C)c([N+](=O)[O-])c1NCCC(=O)N1CCCC1. The van der Waals surface area contributed by atoms with Crippen LogP contribution >= 0.6 is 0 Å². The Kier molecular flexibility index (Phi) is 4.77. The summed E-state index contributed by atoms with van der Waals surface area (Å²) in [5.74, 6) is 0.483. The zero-order chi connectivity index (χ0) is 15.4. The van der Waals surface area contributed by atoms with Gasteiger partial charge in [0.15, 0.2) is 0 Å². The summed E-state index contributed by atoms with van der Waals surface area (Å²) in [7, 11) is 0. The van der Waals surface area contributed by atoms with E-state index in [4.69, 9.17) is 0 Å². The quantitative estimate of drug-likeness (QED) is 0.634. The van der Waals surface area contributed by atoms with Crippen molar-refractivity contribution in [1.29, 1.82) is 0 Å². The third-order valence-electron chi connectivity index (χ3n) is 3.67. The molecule has 21 heavy (non-hydrogen) atoms. The number of anilines is 1. The highest BCUT2D eigenvalue weighted by atomic mass is 16.6. The number of likely N-dealkylation sites (tertiary alicyclic amines) is 1. The molecule has 0 bridgehead atoms. The Morgan fingerprint density at radius 1 is 1.43 bits per heavy atom. The zero-order valence-corrected chi connectivity index (χ0v) is 12.5. The molecule has 1 aromatic heterocycles. The number of amides is 1. The first-order chi connectivity index (χ1) is 10.0. The molecule has 1 amide bonds. The predicted molar refractivity (Wildman–Crippen MR) is 78.2 cm³/mol. The lowest BCUT2D eigenvalue weighted by molar-refractivity contribution is -0.384. The number of hydrogen-bond donors (Lipinski definition) is 1. The van der Waals surface area contributed by atoms with E-state index in [1.54, 1.807) is 11.6 Å². The van der Waals surface area contributed by atoms with Crippen LogP contribution in [0.3, 0.4) is 0 Å². The molecule has 0 spiro atoms. The van der Waals surface area contributed by atoms with Gasteiger partial charge in [0, 0.05) is 32.6 Å². The van der Waals surface area contributed by atoms with E-state index in [9.17, 15) is 14.9 Å². The molecule has 1 aliphatic heterocycles. The van der Waals surface area contributed by atoms with Crippen LogP contribution in [-0.4, -0.2) is 45.1 Å². The molecular weight excluding hydrogens is 274 g/mol. The lowest BCUT2D eigenvalue weighted by atomic mass is 10.3. The predicted octanol–water partition coefficient (Wildman–Crippen LogP) is 1.54. The number of nitrogens with zero attached hydrogens (tertiary/aromatic N) is 4. The number of carbonyl (C=O) groups is 1. The number of hydrogen-bond acceptors (Lipinski definition) is 5. The number of aromatic nitrogens is 2. The number of rotatable bonds is 6. The normalized spacial score (nSPS) is 14.5. The number of nitro groups is 1. The zero-order valence-electron chi connectivity index (χ0n) is 12.5. The minimum atomic E-state index is -0.431. The van der Waals surface area contributed by atoms with E-state index >= 15 is 0 Å². The highest BCUT2D eigenvalue weighted by Crippen LogP contribution is 2.28. The molecule has 0 unspecified atom stereocenters. The minimum Gasteiger partial charge on any atom is -0.364 e. The topological polar surface area (TPSA) is 93.3 Å². The monoisotopic (exact) mass is 295 g/mol. The second-order valence-electron chi connectivity index (χ2n) is 5.12. The summed E-state index contributed by atoms with van der Waals surface area (Å²) in [4.78, 5) is 24.5. The Hall–Kier alpha value is -2.12. The second kappa shape index (κ2) is 6.55. The van der Waals surface area contributed by atoms with Crippen molar-refractivity contribution in [2.75, 3.05) is 25.0 Å². The first kappa shape index (κ1) is 15.3. The molecule has 8 nitrogen and oxygen atoms in total. The van der Waals surface area contributed by atoms with Gasteiger partial charge in [0.2, 0.25) is 11.7 Å². The first-order valence-corrected chi connectivity index (χ1v) is 7.28. The van der Waals surface area contributed by atoms with Crippen LogP contribution in [0.1, 0.15) is 31.9 Å². The molecule has 0 aromatic carbocycles. The molecule has 8 heteroatoms. The molecule has 1 aromatic rings. The maximum atomic E-state index is 11.9. The van der Waals surface area contributed by atoms with Crippen LogP contribution in [0.2, 0.25) is 0 Å². The fourth-order valence-electron chi connectivity index (χ4n) is 2.61. The van der Waals surface area contributed by atoms with Crippen molar-refractivity contribution in [3.63, 3.8) is 0 Å². The van der Waals surface area contributed by atoms with Gasteiger partial charge in [0.1, 0.15) is 5.69 Å². The molecule has 1 saturated heterocycles. The van der Waals surface area contributed by atoms with Gasteiger partial charge in [0.25, 0.3) is 0 Å². The molecular formula is C13H21N5O3. The van der Waals surface area contributed by atoms with E-state index < -0.39 is 4.92 Å². The van der Waals surface area contributed by atoms with Crippen molar-refractivity contribution in [2.24, 2.45) is 0 Å². The summed E-state index contributed by atoms with van der Waals surface area (Å²) in [5, 5.41) is 18.3. The Bertz CT molecular complexity index is 534. The van der Waals surface area contributed by atoms with Gasteiger partial charge in [-0.1, -0.05) is 0 Å². The van der Waals surface area contributed by atoms with E-state index in [2.05, 4.69) is 10.4 Å². The van der Waals surface area contributed by atoms with Gasteiger partial charge in [-0.3, -0.25) is 14.9 Å². The standard InChI is InChI=1S/C13H21N5O3/c1-3-17-13(12(18(20)21)10(2)15-17)14-7-6-11(19)16-8-4-5-9-16/h14H,3-9H2,1-2H3. The van der Waals surface area contributed by atoms with Crippen molar-refractivity contribution in [3.05, 3.63) is 15.8 Å². The van der Waals surface area contributed by atoms with Gasteiger partial charge in [-0.05, 0) is 26.7 Å². The van der Waals surface area contributed by atoms with E-state index in [0.717, 1.165) is 25.9 Å². The van der Waals surface area contributed by atoms with Crippen molar-refractivity contribution < 1.29 is 9.72 Å². The number of carbonyl (C=O) groups excluding carboxylic acids is 1. The third-order valence-corrected chi connectivity index (χ3v) is 3.67. The lowest BCUT2D eigenvalue weighted by Gasteiger charge is -2.15. The van der Waals surface area contributed by atoms with Crippen LogP contribution in [0.25, 0.3) is 0 Å². The van der Waals surface area contributed by atoms with E-state index in [1.807, 2.05) is 11.8 Å². The van der Waals surface area contributed by atoms with Crippen molar-refractivity contribution in [1.82, 2.24) is 14.7 Å². The van der Waals surface area contributed by atoms with E-state index in [0.29, 0.717) is 31.0 Å². The van der Waals surface area contributed by atoms with Gasteiger partial charge >= 0.3 is 5.69 Å². The Morgan fingerprint density at radius 3 is 2.67 bits per heavy atom. The fourth-order valence-corrected chi connectivity index (χ4v) is 2.61. The van der Waals surface area contributed by atoms with Gasteiger partial charge in [0.05, 0.1) is 4.92 Å². The molecule has 1 aliphatic rings. The van der Waals surface area contributed by atoms with Crippen molar-refractivity contribution in [3.8, 4) is 0 Å². The average Bonchev–Trinajstić information content (AvgIpc) is 3.06. The molecule has 2 heterocycles. The summed E-state index contributed by atoms with van der Waals surface area (Å²) >= 11 is 0. The maximum Gasteiger partial charge on any atom is 0.333 e. The maximum absolute atomic E-state index is 11.9. The first-order valence-electron chi connectivity index (χ1n) is 7.28. The van der Waals surface area contributed by atoms with Crippen LogP contribution in [-0.2, 0) is 11.3 Å². The summed E-state index contributed by atoms with van der Waals surface area (Å²) in [6, 6.07) is 0. The molecule has 0 aliphatic carbocycles. The molecule has 0 radical (unpaired) electrons. The molecule has 2 rings (SSSR count). The molecule has 0 atom stereocenters. The van der Waals surface area contributed by atoms with Crippen LogP contribution in [0.5, 0.6) is 0 Å². The summed E-state index contributed by atoms with van der Waals surface area (Å²) in [5.41, 5.74) is 0.376. The Morgan fingerprint density at radius 2 is 2.10 bits per heavy atom. The van der Waals surface area contributed by atoms with Gasteiger partial charge < -0.3 is 10.2 Å². The molecule has 1 N–H and O–H groups in total. The third kappa shape index (κ3) is 3.32. The van der Waals surface area contributed by atoms with Crippen molar-refractivity contribution in [2.45, 2.75) is 39.7 Å². The molecule has 1 fully saturated rings. The van der Waals surface area contributed by atoms with E-state index in [-0.39, 0.29) is 11.6 Å².